The second-order valence-electron chi connectivity index (χ2n) is 7.33. The summed E-state index contributed by atoms with van der Waals surface area (Å²) in [5.41, 5.74) is 0. The van der Waals surface area contributed by atoms with Gasteiger partial charge in [-0.2, -0.15) is 0 Å². The minimum Gasteiger partial charge on any atom is -0.379 e. The standard InChI is InChI=1S/C18H38N4O.HI/c1-7-19-18(21-16(6)15(4)5)20-13-17(12-14(2)3)22-8-10-23-11-9-22;/h14-17H,7-13H2,1-6H3,(H2,19,20,21);1H. The Kier molecular flexibility index (Phi) is 13.1. The number of hydrogen-bond acceptors (Lipinski definition) is 3. The van der Waals surface area contributed by atoms with Crippen molar-refractivity contribution in [3.63, 3.8) is 0 Å². The van der Waals surface area contributed by atoms with Crippen LogP contribution in [-0.4, -0.2) is 62.3 Å². The molecule has 1 fully saturated rings. The van der Waals surface area contributed by atoms with E-state index < -0.39 is 0 Å². The summed E-state index contributed by atoms with van der Waals surface area (Å²) in [6.45, 7) is 18.9. The maximum Gasteiger partial charge on any atom is 0.191 e. The highest BCUT2D eigenvalue weighted by atomic mass is 127. The number of morpholine rings is 1. The lowest BCUT2D eigenvalue weighted by atomic mass is 10.0. The Morgan fingerprint density at radius 1 is 1.12 bits per heavy atom. The molecule has 2 N–H and O–H groups in total. The molecule has 0 aromatic rings. The average molecular weight is 454 g/mol. The Labute approximate surface area is 166 Å². The third-order valence-corrected chi connectivity index (χ3v) is 4.47. The minimum atomic E-state index is 0. The number of nitrogens with one attached hydrogen (secondary N) is 2. The van der Waals surface area contributed by atoms with E-state index in [-0.39, 0.29) is 24.0 Å². The van der Waals surface area contributed by atoms with Crippen LogP contribution in [0.1, 0.15) is 48.0 Å². The van der Waals surface area contributed by atoms with Crippen LogP contribution in [0.5, 0.6) is 0 Å². The molecule has 0 aromatic heterocycles. The number of nitrogens with zero attached hydrogens (tertiary/aromatic N) is 2. The highest BCUT2D eigenvalue weighted by molar-refractivity contribution is 14.0. The summed E-state index contributed by atoms with van der Waals surface area (Å²) in [5, 5.41) is 6.90. The number of aliphatic imine (C=N–C) groups is 1. The molecule has 1 aliphatic heterocycles. The Bertz CT molecular complexity index is 344. The summed E-state index contributed by atoms with van der Waals surface area (Å²) in [7, 11) is 0. The Morgan fingerprint density at radius 3 is 2.25 bits per heavy atom. The summed E-state index contributed by atoms with van der Waals surface area (Å²) in [6.07, 6.45) is 1.18. The van der Waals surface area contributed by atoms with E-state index in [1.807, 2.05) is 0 Å². The summed E-state index contributed by atoms with van der Waals surface area (Å²) in [5.74, 6) is 2.21. The lowest BCUT2D eigenvalue weighted by molar-refractivity contribution is 0.0143. The minimum absolute atomic E-state index is 0. The lowest BCUT2D eigenvalue weighted by Gasteiger charge is -2.34. The van der Waals surface area contributed by atoms with E-state index in [0.717, 1.165) is 45.4 Å². The second-order valence-corrected chi connectivity index (χ2v) is 7.33. The molecule has 0 amide bonds. The van der Waals surface area contributed by atoms with Crippen LogP contribution in [0.2, 0.25) is 0 Å². The van der Waals surface area contributed by atoms with Crippen molar-refractivity contribution in [1.29, 1.82) is 0 Å². The predicted molar refractivity (Wildman–Crippen MR) is 114 cm³/mol. The van der Waals surface area contributed by atoms with Crippen molar-refractivity contribution in [2.75, 3.05) is 39.4 Å². The Morgan fingerprint density at radius 2 is 1.75 bits per heavy atom. The van der Waals surface area contributed by atoms with Crippen LogP contribution in [0.4, 0.5) is 0 Å². The van der Waals surface area contributed by atoms with Gasteiger partial charge < -0.3 is 15.4 Å². The molecule has 2 atom stereocenters. The topological polar surface area (TPSA) is 48.9 Å². The maximum atomic E-state index is 5.50. The molecule has 24 heavy (non-hydrogen) atoms. The molecule has 1 rings (SSSR count). The molecule has 2 unspecified atom stereocenters. The van der Waals surface area contributed by atoms with Crippen LogP contribution in [0, 0.1) is 11.8 Å². The van der Waals surface area contributed by atoms with Gasteiger partial charge in [0.2, 0.25) is 0 Å². The van der Waals surface area contributed by atoms with Crippen molar-refractivity contribution >= 4 is 29.9 Å². The van der Waals surface area contributed by atoms with Gasteiger partial charge in [0.25, 0.3) is 0 Å². The SMILES string of the molecule is CCNC(=NCC(CC(C)C)N1CCOCC1)NC(C)C(C)C.I. The number of rotatable bonds is 8. The molecule has 1 saturated heterocycles. The zero-order chi connectivity index (χ0) is 17.2. The molecule has 0 aromatic carbocycles. The summed E-state index contributed by atoms with van der Waals surface area (Å²) in [6, 6.07) is 0.920. The molecule has 0 spiro atoms. The molecule has 1 heterocycles. The van der Waals surface area contributed by atoms with Gasteiger partial charge in [-0.05, 0) is 32.1 Å². The predicted octanol–water partition coefficient (Wildman–Crippen LogP) is 2.95. The highest BCUT2D eigenvalue weighted by Crippen LogP contribution is 2.14. The van der Waals surface area contributed by atoms with E-state index in [0.29, 0.717) is 23.9 Å². The van der Waals surface area contributed by atoms with Crippen molar-refractivity contribution in [2.45, 2.75) is 60.0 Å². The number of guanidine groups is 1. The van der Waals surface area contributed by atoms with Gasteiger partial charge in [-0.1, -0.05) is 27.7 Å². The van der Waals surface area contributed by atoms with Crippen LogP contribution < -0.4 is 10.6 Å². The third kappa shape index (κ3) is 9.42. The van der Waals surface area contributed by atoms with Crippen LogP contribution >= 0.6 is 24.0 Å². The molecule has 0 bridgehead atoms. The van der Waals surface area contributed by atoms with Gasteiger partial charge in [0.05, 0.1) is 19.8 Å². The Balaban J connectivity index is 0.00000529. The molecule has 5 nitrogen and oxygen atoms in total. The fourth-order valence-electron chi connectivity index (χ4n) is 2.72. The van der Waals surface area contributed by atoms with Crippen molar-refractivity contribution in [1.82, 2.24) is 15.5 Å². The largest absolute Gasteiger partial charge is 0.379 e. The van der Waals surface area contributed by atoms with Gasteiger partial charge in [-0.3, -0.25) is 9.89 Å². The molecule has 0 saturated carbocycles. The average Bonchev–Trinajstić information content (AvgIpc) is 2.51. The molecule has 1 aliphatic rings. The molecular weight excluding hydrogens is 415 g/mol. The van der Waals surface area contributed by atoms with Gasteiger partial charge in [0.15, 0.2) is 5.96 Å². The van der Waals surface area contributed by atoms with E-state index in [2.05, 4.69) is 57.1 Å². The van der Waals surface area contributed by atoms with E-state index in [1.54, 1.807) is 0 Å². The zero-order valence-corrected chi connectivity index (χ0v) is 18.8. The summed E-state index contributed by atoms with van der Waals surface area (Å²) >= 11 is 0. The Hall–Kier alpha value is -0.0800. The molecular formula is C18H39IN4O. The second kappa shape index (κ2) is 13.2. The molecule has 144 valence electrons. The van der Waals surface area contributed by atoms with E-state index in [1.165, 1.54) is 6.42 Å². The van der Waals surface area contributed by atoms with Gasteiger partial charge >= 0.3 is 0 Å². The molecule has 6 heteroatoms. The third-order valence-electron chi connectivity index (χ3n) is 4.47. The van der Waals surface area contributed by atoms with Crippen molar-refractivity contribution in [3.8, 4) is 0 Å². The smallest absolute Gasteiger partial charge is 0.191 e. The maximum absolute atomic E-state index is 5.50. The molecule has 0 aliphatic carbocycles. The highest BCUT2D eigenvalue weighted by Gasteiger charge is 2.22. The van der Waals surface area contributed by atoms with E-state index in [4.69, 9.17) is 9.73 Å². The van der Waals surface area contributed by atoms with Gasteiger partial charge in [-0.15, -0.1) is 24.0 Å². The van der Waals surface area contributed by atoms with Crippen LogP contribution in [-0.2, 0) is 4.74 Å². The number of ether oxygens (including phenoxy) is 1. The van der Waals surface area contributed by atoms with Gasteiger partial charge in [0.1, 0.15) is 0 Å². The summed E-state index contributed by atoms with van der Waals surface area (Å²) < 4.78 is 5.50. The van der Waals surface area contributed by atoms with Crippen molar-refractivity contribution in [3.05, 3.63) is 0 Å². The number of halogens is 1. The van der Waals surface area contributed by atoms with E-state index in [9.17, 15) is 0 Å². The fourth-order valence-corrected chi connectivity index (χ4v) is 2.72. The molecule has 0 radical (unpaired) electrons. The lowest BCUT2D eigenvalue weighted by Crippen LogP contribution is -2.47. The fraction of sp³-hybridized carbons (Fsp3) is 0.944. The first kappa shape index (κ1) is 23.9. The number of hydrogen-bond donors (Lipinski definition) is 2. The van der Waals surface area contributed by atoms with E-state index >= 15 is 0 Å². The van der Waals surface area contributed by atoms with Crippen LogP contribution in [0.25, 0.3) is 0 Å². The first-order chi connectivity index (χ1) is 10.9. The van der Waals surface area contributed by atoms with Crippen molar-refractivity contribution < 1.29 is 4.74 Å². The first-order valence-electron chi connectivity index (χ1n) is 9.30. The van der Waals surface area contributed by atoms with Crippen LogP contribution in [0.15, 0.2) is 4.99 Å². The van der Waals surface area contributed by atoms with Crippen LogP contribution in [0.3, 0.4) is 0 Å². The quantitative estimate of drug-likeness (QED) is 0.337. The van der Waals surface area contributed by atoms with Gasteiger partial charge in [0, 0.05) is 31.7 Å². The first-order valence-corrected chi connectivity index (χ1v) is 9.30. The summed E-state index contributed by atoms with van der Waals surface area (Å²) in [4.78, 5) is 7.42. The normalized spacial score (nSPS) is 19.1. The van der Waals surface area contributed by atoms with Crippen molar-refractivity contribution in [2.24, 2.45) is 16.8 Å². The monoisotopic (exact) mass is 454 g/mol. The van der Waals surface area contributed by atoms with Gasteiger partial charge in [-0.25, -0.2) is 0 Å². The zero-order valence-electron chi connectivity index (χ0n) is 16.5.